The highest BCUT2D eigenvalue weighted by atomic mass is 16.5. The van der Waals surface area contributed by atoms with E-state index in [0.717, 1.165) is 26.1 Å². The van der Waals surface area contributed by atoms with Gasteiger partial charge in [0.05, 0.1) is 6.61 Å². The third kappa shape index (κ3) is 20.5. The van der Waals surface area contributed by atoms with E-state index in [1.54, 1.807) is 0 Å². The molecule has 3 nitrogen and oxygen atoms in total. The van der Waals surface area contributed by atoms with Crippen molar-refractivity contribution in [3.63, 3.8) is 0 Å². The predicted molar refractivity (Wildman–Crippen MR) is 136 cm³/mol. The van der Waals surface area contributed by atoms with Gasteiger partial charge in [-0.15, -0.1) is 0 Å². The minimum absolute atomic E-state index is 0.339. The molecule has 0 spiro atoms. The average Bonchev–Trinajstić information content (AvgIpc) is 2.80. The molecule has 1 rings (SSSR count). The molecular formula is C29H50O3. The number of rotatable bonds is 24. The van der Waals surface area contributed by atoms with Crippen molar-refractivity contribution in [3.8, 4) is 0 Å². The number of carboxylic acid groups (broad SMARTS) is 1. The maximum Gasteiger partial charge on any atom is 0.303 e. The van der Waals surface area contributed by atoms with E-state index in [0.29, 0.717) is 6.42 Å². The maximum atomic E-state index is 10.4. The molecule has 0 aliphatic heterocycles. The minimum Gasteiger partial charge on any atom is -0.481 e. The summed E-state index contributed by atoms with van der Waals surface area (Å²) in [7, 11) is 0. The van der Waals surface area contributed by atoms with Crippen molar-refractivity contribution >= 4 is 5.97 Å². The molecule has 0 fully saturated rings. The van der Waals surface area contributed by atoms with Crippen LogP contribution in [0.4, 0.5) is 0 Å². The molecule has 0 radical (unpaired) electrons. The molecule has 32 heavy (non-hydrogen) atoms. The largest absolute Gasteiger partial charge is 0.481 e. The molecule has 0 aliphatic rings. The fourth-order valence-electron chi connectivity index (χ4n) is 4.25. The fraction of sp³-hybridized carbons (Fsp3) is 0.759. The zero-order chi connectivity index (χ0) is 23.0. The van der Waals surface area contributed by atoms with E-state index in [1.807, 2.05) is 6.07 Å². The van der Waals surface area contributed by atoms with Gasteiger partial charge >= 0.3 is 5.97 Å². The third-order valence-corrected chi connectivity index (χ3v) is 6.29. The van der Waals surface area contributed by atoms with Gasteiger partial charge in [0.2, 0.25) is 0 Å². The Morgan fingerprint density at radius 3 is 1.34 bits per heavy atom. The Morgan fingerprint density at radius 2 is 0.938 bits per heavy atom. The summed E-state index contributed by atoms with van der Waals surface area (Å²) in [5.41, 5.74) is 1.27. The molecule has 0 bridgehead atoms. The van der Waals surface area contributed by atoms with E-state index < -0.39 is 5.97 Å². The second kappa shape index (κ2) is 22.8. The fourth-order valence-corrected chi connectivity index (χ4v) is 4.25. The lowest BCUT2D eigenvalue weighted by Crippen LogP contribution is -1.95. The Labute approximate surface area is 198 Å². The van der Waals surface area contributed by atoms with E-state index in [4.69, 9.17) is 9.84 Å². The normalized spacial score (nSPS) is 11.1. The summed E-state index contributed by atoms with van der Waals surface area (Å²) in [6.45, 7) is 1.64. The molecular weight excluding hydrogens is 396 g/mol. The number of carboxylic acids is 1. The topological polar surface area (TPSA) is 46.5 Å². The van der Waals surface area contributed by atoms with Crippen LogP contribution in [-0.4, -0.2) is 17.7 Å². The SMILES string of the molecule is O=C(O)CCCCCCCCCCCCCCCCCCCCCOCc1ccccc1. The van der Waals surface area contributed by atoms with Crippen LogP contribution in [-0.2, 0) is 16.1 Å². The van der Waals surface area contributed by atoms with E-state index in [1.165, 1.54) is 115 Å². The van der Waals surface area contributed by atoms with E-state index in [9.17, 15) is 4.79 Å². The highest BCUT2D eigenvalue weighted by molar-refractivity contribution is 5.66. The van der Waals surface area contributed by atoms with Gasteiger partial charge in [-0.3, -0.25) is 4.79 Å². The van der Waals surface area contributed by atoms with Gasteiger partial charge in [0.1, 0.15) is 0 Å². The first-order chi connectivity index (χ1) is 15.8. The van der Waals surface area contributed by atoms with Crippen molar-refractivity contribution in [1.82, 2.24) is 0 Å². The highest BCUT2D eigenvalue weighted by Gasteiger charge is 1.98. The third-order valence-electron chi connectivity index (χ3n) is 6.29. The Hall–Kier alpha value is -1.35. The van der Waals surface area contributed by atoms with E-state index in [2.05, 4.69) is 24.3 Å². The Kier molecular flexibility index (Phi) is 20.5. The Balaban J connectivity index is 1.65. The molecule has 0 saturated carbocycles. The van der Waals surface area contributed by atoms with Crippen LogP contribution in [0.2, 0.25) is 0 Å². The molecule has 0 amide bonds. The molecule has 0 atom stereocenters. The summed E-state index contributed by atoms with van der Waals surface area (Å²) in [6.07, 6.45) is 25.4. The second-order valence-corrected chi connectivity index (χ2v) is 9.40. The first kappa shape index (κ1) is 28.7. The number of carbonyl (C=O) groups is 1. The van der Waals surface area contributed by atoms with Crippen molar-refractivity contribution < 1.29 is 14.6 Å². The molecule has 0 aliphatic carbocycles. The van der Waals surface area contributed by atoms with Crippen LogP contribution in [0.25, 0.3) is 0 Å². The molecule has 0 saturated heterocycles. The highest BCUT2D eigenvalue weighted by Crippen LogP contribution is 2.15. The minimum atomic E-state index is -0.655. The second-order valence-electron chi connectivity index (χ2n) is 9.40. The zero-order valence-electron chi connectivity index (χ0n) is 20.7. The average molecular weight is 447 g/mol. The van der Waals surface area contributed by atoms with Crippen LogP contribution in [0.5, 0.6) is 0 Å². The molecule has 0 unspecified atom stereocenters. The van der Waals surface area contributed by atoms with E-state index in [-0.39, 0.29) is 0 Å². The maximum absolute atomic E-state index is 10.4. The van der Waals surface area contributed by atoms with E-state index >= 15 is 0 Å². The van der Waals surface area contributed by atoms with Crippen molar-refractivity contribution in [3.05, 3.63) is 35.9 Å². The molecule has 184 valence electrons. The molecule has 0 aromatic heterocycles. The van der Waals surface area contributed by atoms with Gasteiger partial charge in [0.25, 0.3) is 0 Å². The molecule has 3 heteroatoms. The Bertz CT molecular complexity index is 514. The number of benzene rings is 1. The molecule has 0 heterocycles. The number of hydrogen-bond acceptors (Lipinski definition) is 2. The van der Waals surface area contributed by atoms with Gasteiger partial charge in [-0.05, 0) is 18.4 Å². The van der Waals surface area contributed by atoms with Crippen LogP contribution < -0.4 is 0 Å². The van der Waals surface area contributed by atoms with Crippen LogP contribution >= 0.6 is 0 Å². The monoisotopic (exact) mass is 446 g/mol. The predicted octanol–water partition coefficient (Wildman–Crippen LogP) is 9.09. The smallest absolute Gasteiger partial charge is 0.303 e. The lowest BCUT2D eigenvalue weighted by Gasteiger charge is -2.05. The summed E-state index contributed by atoms with van der Waals surface area (Å²) in [5, 5.41) is 8.60. The van der Waals surface area contributed by atoms with Gasteiger partial charge in [0.15, 0.2) is 0 Å². The van der Waals surface area contributed by atoms with Crippen molar-refractivity contribution in [2.45, 2.75) is 135 Å². The number of aliphatic carboxylic acids is 1. The van der Waals surface area contributed by atoms with Crippen molar-refractivity contribution in [1.29, 1.82) is 0 Å². The lowest BCUT2D eigenvalue weighted by atomic mass is 10.0. The van der Waals surface area contributed by atoms with Gasteiger partial charge in [0, 0.05) is 13.0 Å². The lowest BCUT2D eigenvalue weighted by molar-refractivity contribution is -0.137. The Morgan fingerprint density at radius 1 is 0.562 bits per heavy atom. The summed E-state index contributed by atoms with van der Waals surface area (Å²) < 4.78 is 5.75. The van der Waals surface area contributed by atoms with Gasteiger partial charge < -0.3 is 9.84 Å². The summed E-state index contributed by atoms with van der Waals surface area (Å²) >= 11 is 0. The summed E-state index contributed by atoms with van der Waals surface area (Å²) in [6, 6.07) is 10.4. The number of hydrogen-bond donors (Lipinski definition) is 1. The number of ether oxygens (including phenoxy) is 1. The van der Waals surface area contributed by atoms with Crippen molar-refractivity contribution in [2.75, 3.05) is 6.61 Å². The summed E-state index contributed by atoms with van der Waals surface area (Å²) in [4.78, 5) is 10.4. The first-order valence-electron chi connectivity index (χ1n) is 13.6. The standard InChI is InChI=1S/C29H50O3/c30-29(31)25-21-16-14-12-10-8-6-4-2-1-3-5-7-9-11-13-15-17-22-26-32-27-28-23-19-18-20-24-28/h18-20,23-24H,1-17,21-22,25-27H2,(H,30,31). The van der Waals surface area contributed by atoms with Crippen LogP contribution in [0.3, 0.4) is 0 Å². The van der Waals surface area contributed by atoms with Crippen molar-refractivity contribution in [2.24, 2.45) is 0 Å². The van der Waals surface area contributed by atoms with Gasteiger partial charge in [-0.25, -0.2) is 0 Å². The molecule has 1 N–H and O–H groups in total. The zero-order valence-corrected chi connectivity index (χ0v) is 20.7. The van der Waals surface area contributed by atoms with Crippen LogP contribution in [0, 0.1) is 0 Å². The van der Waals surface area contributed by atoms with Gasteiger partial charge in [-0.2, -0.15) is 0 Å². The van der Waals surface area contributed by atoms with Crippen LogP contribution in [0.15, 0.2) is 30.3 Å². The molecule has 1 aromatic carbocycles. The quantitative estimate of drug-likeness (QED) is 0.161. The number of unbranched alkanes of at least 4 members (excludes halogenated alkanes) is 18. The summed E-state index contributed by atoms with van der Waals surface area (Å²) in [5.74, 6) is -0.655. The first-order valence-corrected chi connectivity index (χ1v) is 13.6. The molecule has 1 aromatic rings. The van der Waals surface area contributed by atoms with Crippen LogP contribution in [0.1, 0.15) is 134 Å². The van der Waals surface area contributed by atoms with Gasteiger partial charge in [-0.1, -0.05) is 139 Å².